The van der Waals surface area contributed by atoms with Crippen LogP contribution in [0.15, 0.2) is 0 Å². The highest BCUT2D eigenvalue weighted by Gasteiger charge is 2.41. The fourth-order valence-electron chi connectivity index (χ4n) is 0.679. The van der Waals surface area contributed by atoms with E-state index in [9.17, 15) is 22.4 Å². The monoisotopic (exact) mass is 246 g/mol. The Kier molecular flexibility index (Phi) is 5.14. The number of primary amides is 1. The Morgan fingerprint density at radius 3 is 2.31 bits per heavy atom. The summed E-state index contributed by atoms with van der Waals surface area (Å²) in [5.41, 5.74) is 8.88. The number of alkyl halides is 4. The van der Waals surface area contributed by atoms with Crippen LogP contribution in [0.5, 0.6) is 0 Å². The van der Waals surface area contributed by atoms with E-state index in [0.717, 1.165) is 0 Å². The summed E-state index contributed by atoms with van der Waals surface area (Å²) in [7, 11) is 0. The molecule has 0 rings (SSSR count). The van der Waals surface area contributed by atoms with Crippen molar-refractivity contribution in [3.05, 3.63) is 0 Å². The minimum atomic E-state index is -4.20. The van der Waals surface area contributed by atoms with Crippen LogP contribution in [-0.4, -0.2) is 37.0 Å². The van der Waals surface area contributed by atoms with Crippen LogP contribution in [0.2, 0.25) is 0 Å². The molecule has 0 aliphatic carbocycles. The van der Waals surface area contributed by atoms with Crippen molar-refractivity contribution in [2.45, 2.75) is 31.2 Å². The molecule has 16 heavy (non-hydrogen) atoms. The lowest BCUT2D eigenvalue weighted by atomic mass is 9.99. The Bertz CT molecular complexity index is 246. The SMILES string of the molecule is CC(N)(CCOCC(F)(F)C(F)F)C(N)=O. The summed E-state index contributed by atoms with van der Waals surface area (Å²) < 4.78 is 52.3. The molecule has 0 saturated carbocycles. The third kappa shape index (κ3) is 4.75. The first-order chi connectivity index (χ1) is 7.09. The van der Waals surface area contributed by atoms with Gasteiger partial charge in [0.2, 0.25) is 5.91 Å². The molecule has 0 heterocycles. The van der Waals surface area contributed by atoms with E-state index < -0.39 is 30.4 Å². The number of carbonyl (C=O) groups excluding carboxylic acids is 1. The van der Waals surface area contributed by atoms with Crippen molar-refractivity contribution in [2.24, 2.45) is 11.5 Å². The second kappa shape index (κ2) is 5.44. The van der Waals surface area contributed by atoms with Gasteiger partial charge in [-0.3, -0.25) is 4.79 Å². The largest absolute Gasteiger partial charge is 0.375 e. The van der Waals surface area contributed by atoms with E-state index >= 15 is 0 Å². The summed E-state index contributed by atoms with van der Waals surface area (Å²) >= 11 is 0. The molecule has 0 bridgehead atoms. The molecule has 0 aromatic rings. The number of hydrogen-bond donors (Lipinski definition) is 2. The van der Waals surface area contributed by atoms with Gasteiger partial charge in [-0.1, -0.05) is 0 Å². The summed E-state index contributed by atoms with van der Waals surface area (Å²) in [4.78, 5) is 10.7. The van der Waals surface area contributed by atoms with Gasteiger partial charge in [-0.25, -0.2) is 8.78 Å². The maximum Gasteiger partial charge on any atom is 0.330 e. The Hall–Kier alpha value is -0.890. The second-order valence-electron chi connectivity index (χ2n) is 3.65. The van der Waals surface area contributed by atoms with Crippen molar-refractivity contribution in [1.82, 2.24) is 0 Å². The zero-order valence-corrected chi connectivity index (χ0v) is 8.68. The van der Waals surface area contributed by atoms with Gasteiger partial charge < -0.3 is 16.2 Å². The molecule has 0 aromatic carbocycles. The molecule has 8 heteroatoms. The third-order valence-electron chi connectivity index (χ3n) is 1.94. The Morgan fingerprint density at radius 2 is 1.94 bits per heavy atom. The van der Waals surface area contributed by atoms with Crippen molar-refractivity contribution >= 4 is 5.91 Å². The van der Waals surface area contributed by atoms with Gasteiger partial charge in [0, 0.05) is 6.61 Å². The zero-order chi connectivity index (χ0) is 13.0. The first-order valence-electron chi connectivity index (χ1n) is 4.42. The van der Waals surface area contributed by atoms with Gasteiger partial charge in [-0.15, -0.1) is 0 Å². The van der Waals surface area contributed by atoms with E-state index in [-0.39, 0.29) is 13.0 Å². The Morgan fingerprint density at radius 1 is 1.44 bits per heavy atom. The average molecular weight is 246 g/mol. The van der Waals surface area contributed by atoms with Gasteiger partial charge in [0.15, 0.2) is 0 Å². The van der Waals surface area contributed by atoms with E-state index in [1.807, 2.05) is 0 Å². The summed E-state index contributed by atoms with van der Waals surface area (Å²) in [5.74, 6) is -5.02. The van der Waals surface area contributed by atoms with Crippen LogP contribution in [-0.2, 0) is 9.53 Å². The highest BCUT2D eigenvalue weighted by Crippen LogP contribution is 2.23. The average Bonchev–Trinajstić information content (AvgIpc) is 2.12. The third-order valence-corrected chi connectivity index (χ3v) is 1.94. The minimum Gasteiger partial charge on any atom is -0.375 e. The lowest BCUT2D eigenvalue weighted by Crippen LogP contribution is -2.50. The summed E-state index contributed by atoms with van der Waals surface area (Å²) in [6.07, 6.45) is -3.91. The number of hydrogen-bond acceptors (Lipinski definition) is 3. The van der Waals surface area contributed by atoms with Gasteiger partial charge in [-0.2, -0.15) is 8.78 Å². The van der Waals surface area contributed by atoms with Crippen LogP contribution < -0.4 is 11.5 Å². The fraction of sp³-hybridized carbons (Fsp3) is 0.875. The number of halogens is 4. The van der Waals surface area contributed by atoms with Crippen LogP contribution in [0, 0.1) is 0 Å². The zero-order valence-electron chi connectivity index (χ0n) is 8.68. The highest BCUT2D eigenvalue weighted by atomic mass is 19.3. The van der Waals surface area contributed by atoms with E-state index in [4.69, 9.17) is 11.5 Å². The van der Waals surface area contributed by atoms with Gasteiger partial charge in [0.05, 0.1) is 5.54 Å². The minimum absolute atomic E-state index is 0.123. The van der Waals surface area contributed by atoms with Crippen molar-refractivity contribution < 1.29 is 27.1 Å². The van der Waals surface area contributed by atoms with E-state index in [2.05, 4.69) is 4.74 Å². The predicted octanol–water partition coefficient (Wildman–Crippen LogP) is 0.496. The molecule has 4 N–H and O–H groups in total. The number of carbonyl (C=O) groups is 1. The highest BCUT2D eigenvalue weighted by molar-refractivity contribution is 5.83. The summed E-state index contributed by atoms with van der Waals surface area (Å²) in [6, 6.07) is 0. The molecule has 0 fully saturated rings. The standard InChI is InChI=1S/C8H14F4N2O2/c1-7(14,6(13)15)2-3-16-4-8(11,12)5(9)10/h5H,2-4,14H2,1H3,(H2,13,15). The van der Waals surface area contributed by atoms with Crippen molar-refractivity contribution in [2.75, 3.05) is 13.2 Å². The van der Waals surface area contributed by atoms with Crippen LogP contribution in [0.1, 0.15) is 13.3 Å². The smallest absolute Gasteiger partial charge is 0.330 e. The van der Waals surface area contributed by atoms with Gasteiger partial charge in [-0.05, 0) is 13.3 Å². The van der Waals surface area contributed by atoms with Gasteiger partial charge in [0.25, 0.3) is 0 Å². The summed E-state index contributed by atoms with van der Waals surface area (Å²) in [5, 5.41) is 0. The molecular formula is C8H14F4N2O2. The quantitative estimate of drug-likeness (QED) is 0.507. The molecule has 0 aliphatic rings. The summed E-state index contributed by atoms with van der Waals surface area (Å²) in [6.45, 7) is -0.471. The van der Waals surface area contributed by atoms with Crippen LogP contribution >= 0.6 is 0 Å². The van der Waals surface area contributed by atoms with Crippen molar-refractivity contribution in [1.29, 1.82) is 0 Å². The molecule has 0 aliphatic heterocycles. The molecule has 0 radical (unpaired) electrons. The number of ether oxygens (including phenoxy) is 1. The molecule has 0 aromatic heterocycles. The second-order valence-corrected chi connectivity index (χ2v) is 3.65. The van der Waals surface area contributed by atoms with Crippen molar-refractivity contribution in [3.8, 4) is 0 Å². The molecular weight excluding hydrogens is 232 g/mol. The first kappa shape index (κ1) is 15.1. The fourth-order valence-corrected chi connectivity index (χ4v) is 0.679. The Labute approximate surface area is 89.9 Å². The molecule has 96 valence electrons. The van der Waals surface area contributed by atoms with Crippen LogP contribution in [0.3, 0.4) is 0 Å². The van der Waals surface area contributed by atoms with Gasteiger partial charge >= 0.3 is 12.3 Å². The lowest BCUT2D eigenvalue weighted by molar-refractivity contribution is -0.166. The molecule has 1 atom stereocenters. The van der Waals surface area contributed by atoms with E-state index in [1.54, 1.807) is 0 Å². The van der Waals surface area contributed by atoms with Gasteiger partial charge in [0.1, 0.15) is 6.61 Å². The molecule has 0 saturated heterocycles. The maximum atomic E-state index is 12.3. The van der Waals surface area contributed by atoms with Crippen molar-refractivity contribution in [3.63, 3.8) is 0 Å². The number of nitrogens with two attached hydrogens (primary N) is 2. The molecule has 1 amide bonds. The van der Waals surface area contributed by atoms with Crippen LogP contribution in [0.4, 0.5) is 17.6 Å². The van der Waals surface area contributed by atoms with E-state index in [0.29, 0.717) is 0 Å². The molecule has 1 unspecified atom stereocenters. The molecule has 4 nitrogen and oxygen atoms in total. The van der Waals surface area contributed by atoms with E-state index in [1.165, 1.54) is 6.92 Å². The molecule has 0 spiro atoms. The number of amides is 1. The number of rotatable bonds is 7. The topological polar surface area (TPSA) is 78.3 Å². The lowest BCUT2D eigenvalue weighted by Gasteiger charge is -2.21. The predicted molar refractivity (Wildman–Crippen MR) is 48.2 cm³/mol. The first-order valence-corrected chi connectivity index (χ1v) is 4.42. The maximum absolute atomic E-state index is 12.3. The Balaban J connectivity index is 3.90. The normalized spacial score (nSPS) is 16.2. The van der Waals surface area contributed by atoms with Crippen LogP contribution in [0.25, 0.3) is 0 Å².